The van der Waals surface area contributed by atoms with Gasteiger partial charge in [-0.3, -0.25) is 14.9 Å². The van der Waals surface area contributed by atoms with Crippen LogP contribution < -0.4 is 11.1 Å². The Labute approximate surface area is 157 Å². The van der Waals surface area contributed by atoms with Gasteiger partial charge in [-0.25, -0.2) is 4.98 Å². The molecule has 4 N–H and O–H groups in total. The number of carbonyl (C=O) groups is 1. The van der Waals surface area contributed by atoms with E-state index in [4.69, 9.17) is 5.73 Å². The van der Waals surface area contributed by atoms with Crippen LogP contribution in [0.4, 0.5) is 13.2 Å². The van der Waals surface area contributed by atoms with Crippen molar-refractivity contribution in [3.05, 3.63) is 36.2 Å². The number of aromatic amines is 1. The standard InChI is InChI=1S/C17H18F3N7O/c18-17(19,20)10-3-4-12(27-7-6-22-11(8-27)15(21)28)24-14(10)13-9-2-1-5-23-16(9)26-25-13/h1-5,10-11,14,22H,6-8H2,(H2,21,28)(H,23,25,26). The van der Waals surface area contributed by atoms with Crippen LogP contribution in [-0.4, -0.2) is 63.7 Å². The Bertz CT molecular complexity index is 952. The van der Waals surface area contributed by atoms with Gasteiger partial charge in [0, 0.05) is 31.2 Å². The van der Waals surface area contributed by atoms with E-state index < -0.39 is 30.1 Å². The molecule has 8 nitrogen and oxygen atoms in total. The fourth-order valence-electron chi connectivity index (χ4n) is 3.52. The summed E-state index contributed by atoms with van der Waals surface area (Å²) in [6.45, 7) is 1.22. The van der Waals surface area contributed by atoms with E-state index in [2.05, 4.69) is 25.5 Å². The Balaban J connectivity index is 1.72. The molecule has 2 aliphatic rings. The molecule has 2 aliphatic heterocycles. The molecule has 1 amide bonds. The number of amidine groups is 1. The molecule has 4 heterocycles. The van der Waals surface area contributed by atoms with Gasteiger partial charge < -0.3 is 16.0 Å². The van der Waals surface area contributed by atoms with Crippen LogP contribution in [0.5, 0.6) is 0 Å². The van der Waals surface area contributed by atoms with Crippen LogP contribution in [0, 0.1) is 5.92 Å². The first-order chi connectivity index (χ1) is 13.3. The van der Waals surface area contributed by atoms with Gasteiger partial charge in [0.15, 0.2) is 5.65 Å². The van der Waals surface area contributed by atoms with E-state index in [0.29, 0.717) is 30.0 Å². The molecule has 3 atom stereocenters. The van der Waals surface area contributed by atoms with Gasteiger partial charge in [-0.05, 0) is 18.2 Å². The number of halogens is 3. The number of nitrogens with one attached hydrogen (secondary N) is 2. The number of nitrogens with two attached hydrogens (primary N) is 1. The lowest BCUT2D eigenvalue weighted by molar-refractivity contribution is -0.166. The molecule has 1 fully saturated rings. The fourth-order valence-corrected chi connectivity index (χ4v) is 3.52. The second-order valence-electron chi connectivity index (χ2n) is 6.73. The minimum atomic E-state index is -4.48. The highest BCUT2D eigenvalue weighted by Gasteiger charge is 2.46. The van der Waals surface area contributed by atoms with Crippen LogP contribution in [0.3, 0.4) is 0 Å². The third-order valence-electron chi connectivity index (χ3n) is 4.94. The minimum absolute atomic E-state index is 0.243. The number of piperazine rings is 1. The summed E-state index contributed by atoms with van der Waals surface area (Å²) in [6, 6.07) is 1.49. The monoisotopic (exact) mass is 393 g/mol. The number of hydrogen-bond donors (Lipinski definition) is 3. The zero-order valence-electron chi connectivity index (χ0n) is 14.6. The van der Waals surface area contributed by atoms with Crippen molar-refractivity contribution in [1.29, 1.82) is 0 Å². The number of aromatic nitrogens is 3. The number of rotatable bonds is 2. The van der Waals surface area contributed by atoms with E-state index >= 15 is 0 Å². The maximum Gasteiger partial charge on any atom is 0.397 e. The molecule has 148 valence electrons. The van der Waals surface area contributed by atoms with E-state index in [-0.39, 0.29) is 12.2 Å². The Hall–Kier alpha value is -2.95. The predicted octanol–water partition coefficient (Wildman–Crippen LogP) is 0.905. The highest BCUT2D eigenvalue weighted by atomic mass is 19.4. The van der Waals surface area contributed by atoms with E-state index in [0.717, 1.165) is 6.08 Å². The SMILES string of the molecule is NC(=O)C1CN(C2=NC(c3[nH]nc4ncccc34)C(C(F)(F)F)C=C2)CCN1. The number of amides is 1. The maximum absolute atomic E-state index is 13.7. The third kappa shape index (κ3) is 3.33. The Morgan fingerprint density at radius 3 is 2.93 bits per heavy atom. The lowest BCUT2D eigenvalue weighted by atomic mass is 9.92. The molecule has 0 radical (unpaired) electrons. The van der Waals surface area contributed by atoms with Gasteiger partial charge in [0.05, 0.1) is 5.69 Å². The van der Waals surface area contributed by atoms with Crippen LogP contribution in [0.25, 0.3) is 11.0 Å². The number of primary amides is 1. The quantitative estimate of drug-likeness (QED) is 0.702. The number of H-pyrrole nitrogens is 1. The first-order valence-corrected chi connectivity index (χ1v) is 8.74. The van der Waals surface area contributed by atoms with Gasteiger partial charge >= 0.3 is 6.18 Å². The molecule has 2 aromatic rings. The lowest BCUT2D eigenvalue weighted by Gasteiger charge is -2.36. The number of dihydropyridines is 1. The van der Waals surface area contributed by atoms with Crippen molar-refractivity contribution in [1.82, 2.24) is 25.4 Å². The Kier molecular flexibility index (Phi) is 4.53. The smallest absolute Gasteiger partial charge is 0.368 e. The number of nitrogens with zero attached hydrogens (tertiary/aromatic N) is 4. The number of alkyl halides is 3. The van der Waals surface area contributed by atoms with E-state index in [1.165, 1.54) is 12.3 Å². The summed E-state index contributed by atoms with van der Waals surface area (Å²) in [6.07, 6.45) is -0.490. The minimum Gasteiger partial charge on any atom is -0.368 e. The Morgan fingerprint density at radius 2 is 2.18 bits per heavy atom. The molecular weight excluding hydrogens is 375 g/mol. The first kappa shape index (κ1) is 18.4. The highest BCUT2D eigenvalue weighted by molar-refractivity contribution is 5.95. The molecule has 0 spiro atoms. The largest absolute Gasteiger partial charge is 0.397 e. The average molecular weight is 393 g/mol. The molecule has 0 bridgehead atoms. The first-order valence-electron chi connectivity index (χ1n) is 8.74. The second kappa shape index (κ2) is 6.89. The van der Waals surface area contributed by atoms with Crippen molar-refractivity contribution >= 4 is 22.8 Å². The van der Waals surface area contributed by atoms with Crippen LogP contribution in [0.2, 0.25) is 0 Å². The number of fused-ring (bicyclic) bond motifs is 1. The summed E-state index contributed by atoms with van der Waals surface area (Å²) in [5.74, 6) is -1.93. The highest BCUT2D eigenvalue weighted by Crippen LogP contribution is 2.42. The van der Waals surface area contributed by atoms with E-state index in [9.17, 15) is 18.0 Å². The van der Waals surface area contributed by atoms with Gasteiger partial charge in [0.25, 0.3) is 0 Å². The third-order valence-corrected chi connectivity index (χ3v) is 4.94. The number of pyridine rings is 1. The summed E-state index contributed by atoms with van der Waals surface area (Å²) in [4.78, 5) is 21.7. The van der Waals surface area contributed by atoms with Crippen molar-refractivity contribution in [2.75, 3.05) is 19.6 Å². The predicted molar refractivity (Wildman–Crippen MR) is 95.3 cm³/mol. The zero-order valence-corrected chi connectivity index (χ0v) is 14.6. The molecule has 28 heavy (non-hydrogen) atoms. The maximum atomic E-state index is 13.7. The van der Waals surface area contributed by atoms with Crippen molar-refractivity contribution in [3.63, 3.8) is 0 Å². The van der Waals surface area contributed by atoms with E-state index in [1.807, 2.05) is 0 Å². The molecule has 0 aliphatic carbocycles. The molecule has 0 aromatic carbocycles. The number of hydrogen-bond acceptors (Lipinski definition) is 6. The van der Waals surface area contributed by atoms with Crippen LogP contribution in [0.1, 0.15) is 11.7 Å². The molecular formula is C17H18F3N7O. The van der Waals surface area contributed by atoms with Gasteiger partial charge in [-0.2, -0.15) is 18.3 Å². The van der Waals surface area contributed by atoms with E-state index in [1.54, 1.807) is 17.0 Å². The van der Waals surface area contributed by atoms with Crippen molar-refractivity contribution in [2.45, 2.75) is 18.3 Å². The molecule has 1 saturated heterocycles. The molecule has 2 aromatic heterocycles. The molecule has 0 saturated carbocycles. The number of carbonyl (C=O) groups excluding carboxylic acids is 1. The van der Waals surface area contributed by atoms with Gasteiger partial charge in [0.1, 0.15) is 23.8 Å². The summed E-state index contributed by atoms with van der Waals surface area (Å²) in [7, 11) is 0. The summed E-state index contributed by atoms with van der Waals surface area (Å²) >= 11 is 0. The second-order valence-corrected chi connectivity index (χ2v) is 6.73. The zero-order chi connectivity index (χ0) is 19.9. The van der Waals surface area contributed by atoms with Crippen molar-refractivity contribution in [2.24, 2.45) is 16.6 Å². The molecule has 4 rings (SSSR count). The topological polar surface area (TPSA) is 112 Å². The van der Waals surface area contributed by atoms with Gasteiger partial charge in [-0.1, -0.05) is 6.08 Å². The summed E-state index contributed by atoms with van der Waals surface area (Å²) < 4.78 is 41.0. The summed E-state index contributed by atoms with van der Waals surface area (Å²) in [5, 5.41) is 10.2. The average Bonchev–Trinajstić information content (AvgIpc) is 3.11. The van der Waals surface area contributed by atoms with Crippen LogP contribution in [-0.2, 0) is 4.79 Å². The van der Waals surface area contributed by atoms with Crippen LogP contribution >= 0.6 is 0 Å². The lowest BCUT2D eigenvalue weighted by Crippen LogP contribution is -2.57. The fraction of sp³-hybridized carbons (Fsp3) is 0.412. The van der Waals surface area contributed by atoms with Gasteiger partial charge in [-0.15, -0.1) is 0 Å². The van der Waals surface area contributed by atoms with Gasteiger partial charge in [0.2, 0.25) is 5.91 Å². The van der Waals surface area contributed by atoms with Crippen molar-refractivity contribution < 1.29 is 18.0 Å². The molecule has 3 unspecified atom stereocenters. The number of aliphatic imine (C=N–C) groups is 1. The normalized spacial score (nSPS) is 25.8. The van der Waals surface area contributed by atoms with Crippen LogP contribution in [0.15, 0.2) is 35.5 Å². The Morgan fingerprint density at radius 1 is 1.36 bits per heavy atom. The van der Waals surface area contributed by atoms with Crippen molar-refractivity contribution in [3.8, 4) is 0 Å². The summed E-state index contributed by atoms with van der Waals surface area (Å²) in [5.41, 5.74) is 5.94. The molecule has 11 heteroatoms.